The van der Waals surface area contributed by atoms with Crippen LogP contribution < -0.4 is 51.4 Å². The number of hydrogen-bond acceptors (Lipinski definition) is 1. The van der Waals surface area contributed by atoms with Gasteiger partial charge >= 0.3 is 51.4 Å². The average Bonchev–Trinajstić information content (AvgIpc) is 2.58. The van der Waals surface area contributed by atoms with Gasteiger partial charge in [-0.05, 0) is 26.7 Å². The van der Waals surface area contributed by atoms with E-state index in [4.69, 9.17) is 0 Å². The summed E-state index contributed by atoms with van der Waals surface area (Å²) in [6, 6.07) is 9.17. The number of rotatable bonds is 3. The first kappa shape index (κ1) is 16.4. The molecule has 0 atom stereocenters. The van der Waals surface area contributed by atoms with Crippen molar-refractivity contribution in [2.24, 2.45) is 0 Å². The van der Waals surface area contributed by atoms with Crippen molar-refractivity contribution in [1.82, 2.24) is 9.88 Å². The van der Waals surface area contributed by atoms with Crippen LogP contribution in [-0.2, 0) is 6.42 Å². The minimum absolute atomic E-state index is 0. The van der Waals surface area contributed by atoms with E-state index in [2.05, 4.69) is 48.4 Å². The van der Waals surface area contributed by atoms with E-state index in [0.717, 1.165) is 13.0 Å². The summed E-state index contributed by atoms with van der Waals surface area (Å²) in [5.74, 6) is 0. The maximum atomic E-state index is 3.27. The Labute approximate surface area is 141 Å². The third-order valence-electron chi connectivity index (χ3n) is 2.44. The van der Waals surface area contributed by atoms with Crippen molar-refractivity contribution in [3.63, 3.8) is 0 Å². The summed E-state index contributed by atoms with van der Waals surface area (Å²) in [5, 5.41) is 1.30. The molecule has 2 rings (SSSR count). The zero-order valence-electron chi connectivity index (χ0n) is 10.7. The Morgan fingerprint density at radius 2 is 2.12 bits per heavy atom. The van der Waals surface area contributed by atoms with Crippen LogP contribution in [0, 0.1) is 13.5 Å². The van der Waals surface area contributed by atoms with Gasteiger partial charge in [0.2, 0.25) is 0 Å². The SMILES string of the molecule is CN(C)CCc1c[nH]c2cc[c-]cc12.[CH3-].[K+]. The van der Waals surface area contributed by atoms with Crippen molar-refractivity contribution in [2.45, 2.75) is 6.42 Å². The van der Waals surface area contributed by atoms with E-state index in [9.17, 15) is 0 Å². The molecule has 0 saturated carbocycles. The number of aromatic nitrogens is 1. The second-order valence-electron chi connectivity index (χ2n) is 3.84. The van der Waals surface area contributed by atoms with Crippen molar-refractivity contribution in [1.29, 1.82) is 0 Å². The molecule has 16 heavy (non-hydrogen) atoms. The molecule has 0 aliphatic heterocycles. The van der Waals surface area contributed by atoms with Crippen molar-refractivity contribution < 1.29 is 51.4 Å². The molecule has 0 aliphatic rings. The summed E-state index contributed by atoms with van der Waals surface area (Å²) in [5.41, 5.74) is 2.59. The van der Waals surface area contributed by atoms with Gasteiger partial charge in [0.05, 0.1) is 0 Å². The fourth-order valence-electron chi connectivity index (χ4n) is 1.62. The van der Waals surface area contributed by atoms with Crippen LogP contribution in [0.25, 0.3) is 10.9 Å². The fraction of sp³-hybridized carbons (Fsp3) is 0.308. The zero-order chi connectivity index (χ0) is 9.97. The first-order valence-electron chi connectivity index (χ1n) is 4.88. The monoisotopic (exact) mass is 241 g/mol. The van der Waals surface area contributed by atoms with E-state index in [1.807, 2.05) is 6.07 Å². The molecule has 0 spiro atoms. The van der Waals surface area contributed by atoms with Crippen LogP contribution in [0.15, 0.2) is 24.4 Å². The van der Waals surface area contributed by atoms with Crippen LogP contribution in [0.2, 0.25) is 0 Å². The van der Waals surface area contributed by atoms with E-state index < -0.39 is 0 Å². The molecule has 0 bridgehead atoms. The third-order valence-corrected chi connectivity index (χ3v) is 2.44. The van der Waals surface area contributed by atoms with Gasteiger partial charge < -0.3 is 17.3 Å². The number of nitrogens with one attached hydrogen (secondary N) is 1. The number of aromatic amines is 1. The molecule has 0 radical (unpaired) electrons. The Bertz CT molecular complexity index is 421. The Kier molecular flexibility index (Phi) is 7.81. The van der Waals surface area contributed by atoms with Gasteiger partial charge in [-0.25, -0.2) is 0 Å². The fourth-order valence-corrected chi connectivity index (χ4v) is 1.62. The predicted molar refractivity (Wildman–Crippen MR) is 65.8 cm³/mol. The molecule has 1 N–H and O–H groups in total. The summed E-state index contributed by atoms with van der Waals surface area (Å²) in [4.78, 5) is 5.47. The van der Waals surface area contributed by atoms with Crippen LogP contribution in [-0.4, -0.2) is 30.5 Å². The van der Waals surface area contributed by atoms with Crippen LogP contribution in [0.5, 0.6) is 0 Å². The summed E-state index contributed by atoms with van der Waals surface area (Å²) in [7, 11) is 4.20. The van der Waals surface area contributed by atoms with Gasteiger partial charge in [0.15, 0.2) is 0 Å². The summed E-state index contributed by atoms with van der Waals surface area (Å²) >= 11 is 0. The normalized spacial score (nSPS) is 9.94. The van der Waals surface area contributed by atoms with Gasteiger partial charge in [0.1, 0.15) is 0 Å². The largest absolute Gasteiger partial charge is 1.00 e. The number of hydrogen-bond donors (Lipinski definition) is 1. The molecule has 0 fully saturated rings. The van der Waals surface area contributed by atoms with Gasteiger partial charge in [0.25, 0.3) is 0 Å². The first-order chi connectivity index (χ1) is 6.77. The number of benzene rings is 1. The molecule has 0 aliphatic carbocycles. The summed E-state index contributed by atoms with van der Waals surface area (Å²) in [6.45, 7) is 1.09. The third kappa shape index (κ3) is 3.98. The molecule has 0 unspecified atom stereocenters. The number of fused-ring (bicyclic) bond motifs is 1. The summed E-state index contributed by atoms with van der Waals surface area (Å²) < 4.78 is 0. The maximum absolute atomic E-state index is 3.27. The van der Waals surface area contributed by atoms with Crippen molar-refractivity contribution in [3.8, 4) is 0 Å². The molecule has 1 aromatic carbocycles. The summed E-state index contributed by atoms with van der Waals surface area (Å²) in [6.07, 6.45) is 3.19. The van der Waals surface area contributed by atoms with Crippen molar-refractivity contribution in [2.75, 3.05) is 20.6 Å². The second kappa shape index (κ2) is 7.64. The number of likely N-dealkylation sites (N-methyl/N-ethyl adjacent to an activating group) is 1. The molecular weight excluding hydrogens is 223 g/mol. The van der Waals surface area contributed by atoms with Crippen LogP contribution >= 0.6 is 0 Å². The van der Waals surface area contributed by atoms with Gasteiger partial charge in [-0.2, -0.15) is 18.2 Å². The molecule has 0 saturated heterocycles. The smallest absolute Gasteiger partial charge is 0.384 e. The molecule has 1 heterocycles. The first-order valence-corrected chi connectivity index (χ1v) is 4.88. The number of nitrogens with zero attached hydrogens (tertiary/aromatic N) is 1. The van der Waals surface area contributed by atoms with Crippen LogP contribution in [0.4, 0.5) is 0 Å². The van der Waals surface area contributed by atoms with Crippen LogP contribution in [0.1, 0.15) is 5.56 Å². The topological polar surface area (TPSA) is 19.0 Å². The predicted octanol–water partition coefficient (Wildman–Crippen LogP) is -0.474. The minimum atomic E-state index is 0. The molecule has 2 aromatic rings. The van der Waals surface area contributed by atoms with Gasteiger partial charge in [-0.3, -0.25) is 0 Å². The van der Waals surface area contributed by atoms with E-state index in [1.54, 1.807) is 0 Å². The molecular formula is C13H18KN2-. The Hall–Kier alpha value is 0.356. The quantitative estimate of drug-likeness (QED) is 0.568. The Morgan fingerprint density at radius 3 is 2.81 bits per heavy atom. The van der Waals surface area contributed by atoms with Crippen molar-refractivity contribution >= 4 is 10.9 Å². The molecule has 2 nitrogen and oxygen atoms in total. The van der Waals surface area contributed by atoms with E-state index >= 15 is 0 Å². The average molecular weight is 241 g/mol. The number of H-pyrrole nitrogens is 1. The zero-order valence-corrected chi connectivity index (χ0v) is 13.8. The van der Waals surface area contributed by atoms with Gasteiger partial charge in [-0.15, -0.1) is 11.5 Å². The molecule has 82 valence electrons. The van der Waals surface area contributed by atoms with E-state index in [0.29, 0.717) is 0 Å². The Morgan fingerprint density at radius 1 is 1.38 bits per heavy atom. The minimum Gasteiger partial charge on any atom is -0.384 e. The maximum Gasteiger partial charge on any atom is 1.00 e. The Balaban J connectivity index is 0.00000112. The van der Waals surface area contributed by atoms with E-state index in [1.165, 1.54) is 16.5 Å². The van der Waals surface area contributed by atoms with Gasteiger partial charge in [0, 0.05) is 6.54 Å². The van der Waals surface area contributed by atoms with Crippen LogP contribution in [0.3, 0.4) is 0 Å². The molecule has 0 amide bonds. The van der Waals surface area contributed by atoms with E-state index in [-0.39, 0.29) is 58.8 Å². The second-order valence-corrected chi connectivity index (χ2v) is 3.84. The molecule has 3 heteroatoms. The standard InChI is InChI=1S/C12H15N2.CH3.K/c1-14(2)8-7-10-9-13-12-6-4-3-5-11(10)12;;/h4-6,9,13H,7-8H2,1-2H3;1H3;/q2*-1;+1. The molecule has 1 aromatic heterocycles. The van der Waals surface area contributed by atoms with Crippen molar-refractivity contribution in [3.05, 3.63) is 43.5 Å². The van der Waals surface area contributed by atoms with Gasteiger partial charge in [-0.1, -0.05) is 11.1 Å².